The van der Waals surface area contributed by atoms with Crippen molar-refractivity contribution in [1.29, 1.82) is 0 Å². The lowest BCUT2D eigenvalue weighted by atomic mass is 9.74. The van der Waals surface area contributed by atoms with E-state index in [2.05, 4.69) is 38.1 Å². The molecule has 3 rings (SSSR count). The molecule has 0 amide bonds. The Balaban J connectivity index is 1.81. The highest BCUT2D eigenvalue weighted by atomic mass is 16.3. The summed E-state index contributed by atoms with van der Waals surface area (Å²) in [5.74, 6) is 0.802. The van der Waals surface area contributed by atoms with E-state index in [1.165, 1.54) is 36.0 Å². The molecule has 1 unspecified atom stereocenters. The first-order valence-electron chi connectivity index (χ1n) is 7.53. The average molecular weight is 256 g/mol. The highest BCUT2D eigenvalue weighted by Crippen LogP contribution is 2.41. The van der Waals surface area contributed by atoms with E-state index < -0.39 is 0 Å². The molecule has 0 heterocycles. The van der Waals surface area contributed by atoms with Crippen LogP contribution in [0.5, 0.6) is 0 Å². The summed E-state index contributed by atoms with van der Waals surface area (Å²) in [6.45, 7) is 4.48. The molecule has 1 heteroatoms. The van der Waals surface area contributed by atoms with Gasteiger partial charge in [-0.1, -0.05) is 50.6 Å². The van der Waals surface area contributed by atoms with Gasteiger partial charge in [-0.3, -0.25) is 0 Å². The van der Waals surface area contributed by atoms with Gasteiger partial charge < -0.3 is 5.11 Å². The maximum atomic E-state index is 9.99. The Hall–Kier alpha value is -1.08. The summed E-state index contributed by atoms with van der Waals surface area (Å²) in [4.78, 5) is 0. The molecular weight excluding hydrogens is 232 g/mol. The van der Waals surface area contributed by atoms with Crippen LogP contribution in [0, 0.1) is 5.41 Å². The Kier molecular flexibility index (Phi) is 3.26. The minimum Gasteiger partial charge on any atom is -0.389 e. The topological polar surface area (TPSA) is 20.2 Å². The van der Waals surface area contributed by atoms with Crippen molar-refractivity contribution >= 4 is 5.57 Å². The fourth-order valence-electron chi connectivity index (χ4n) is 3.41. The van der Waals surface area contributed by atoms with Gasteiger partial charge in [0.05, 0.1) is 6.10 Å². The van der Waals surface area contributed by atoms with Gasteiger partial charge in [-0.2, -0.15) is 0 Å². The van der Waals surface area contributed by atoms with E-state index >= 15 is 0 Å². The number of aliphatic hydroxyl groups excluding tert-OH is 1. The maximum Gasteiger partial charge on any atom is 0.0732 e. The van der Waals surface area contributed by atoms with Crippen LogP contribution in [-0.4, -0.2) is 11.2 Å². The molecule has 19 heavy (non-hydrogen) atoms. The number of rotatable bonds is 2. The standard InChI is InChI=1S/C18H24O/c1-18(2)11-16(10-17(19)12-18)15-8-6-14(7-9-15)13-4-3-5-13/h6-10,13,17,19H,3-5,11-12H2,1-2H3. The monoisotopic (exact) mass is 256 g/mol. The average Bonchev–Trinajstić information content (AvgIpc) is 2.25. The quantitative estimate of drug-likeness (QED) is 0.825. The molecule has 0 spiro atoms. The van der Waals surface area contributed by atoms with Gasteiger partial charge in [-0.15, -0.1) is 0 Å². The van der Waals surface area contributed by atoms with E-state index in [-0.39, 0.29) is 11.5 Å². The number of benzene rings is 1. The van der Waals surface area contributed by atoms with E-state index in [0.717, 1.165) is 18.8 Å². The van der Waals surface area contributed by atoms with Crippen molar-refractivity contribution in [2.24, 2.45) is 5.41 Å². The SMILES string of the molecule is CC1(C)CC(c2ccc(C3CCC3)cc2)=CC(O)C1. The number of hydrogen-bond donors (Lipinski definition) is 1. The molecule has 1 aromatic rings. The van der Waals surface area contributed by atoms with Crippen molar-refractivity contribution in [2.75, 3.05) is 0 Å². The number of hydrogen-bond acceptors (Lipinski definition) is 1. The first kappa shape index (κ1) is 12.9. The van der Waals surface area contributed by atoms with E-state index in [1.807, 2.05) is 6.08 Å². The third-order valence-corrected chi connectivity index (χ3v) is 4.68. The normalized spacial score (nSPS) is 26.7. The zero-order valence-corrected chi connectivity index (χ0v) is 12.0. The van der Waals surface area contributed by atoms with Crippen LogP contribution in [0.3, 0.4) is 0 Å². The molecule has 1 nitrogen and oxygen atoms in total. The fraction of sp³-hybridized carbons (Fsp3) is 0.556. The van der Waals surface area contributed by atoms with Crippen molar-refractivity contribution < 1.29 is 5.11 Å². The minimum atomic E-state index is -0.287. The lowest BCUT2D eigenvalue weighted by Gasteiger charge is -2.33. The Morgan fingerprint density at radius 1 is 1.11 bits per heavy atom. The maximum absolute atomic E-state index is 9.99. The lowest BCUT2D eigenvalue weighted by molar-refractivity contribution is 0.146. The van der Waals surface area contributed by atoms with Crippen LogP contribution in [0.1, 0.15) is 63.0 Å². The lowest BCUT2D eigenvalue weighted by Crippen LogP contribution is -2.24. The van der Waals surface area contributed by atoms with Gasteiger partial charge in [-0.05, 0) is 53.7 Å². The molecule has 2 aliphatic rings. The number of allylic oxidation sites excluding steroid dienone is 1. The molecule has 102 valence electrons. The zero-order chi connectivity index (χ0) is 13.5. The predicted octanol–water partition coefficient (Wildman–Crippen LogP) is 4.52. The largest absolute Gasteiger partial charge is 0.389 e. The Morgan fingerprint density at radius 3 is 2.32 bits per heavy atom. The summed E-state index contributed by atoms with van der Waals surface area (Å²) in [5.41, 5.74) is 4.29. The van der Waals surface area contributed by atoms with Crippen LogP contribution < -0.4 is 0 Å². The van der Waals surface area contributed by atoms with Crippen molar-refractivity contribution in [3.63, 3.8) is 0 Å². The third-order valence-electron chi connectivity index (χ3n) is 4.68. The Labute approximate surface area is 116 Å². The second kappa shape index (κ2) is 4.79. The van der Waals surface area contributed by atoms with Gasteiger partial charge in [-0.25, -0.2) is 0 Å². The molecule has 1 aromatic carbocycles. The molecule has 1 N–H and O–H groups in total. The zero-order valence-electron chi connectivity index (χ0n) is 12.0. The molecule has 0 aromatic heterocycles. The smallest absolute Gasteiger partial charge is 0.0732 e. The van der Waals surface area contributed by atoms with Gasteiger partial charge >= 0.3 is 0 Å². The van der Waals surface area contributed by atoms with E-state index in [9.17, 15) is 5.11 Å². The van der Waals surface area contributed by atoms with E-state index in [4.69, 9.17) is 0 Å². The minimum absolute atomic E-state index is 0.205. The highest BCUT2D eigenvalue weighted by Gasteiger charge is 2.28. The Bertz CT molecular complexity index is 477. The van der Waals surface area contributed by atoms with Gasteiger partial charge in [0.15, 0.2) is 0 Å². The van der Waals surface area contributed by atoms with E-state index in [1.54, 1.807) is 0 Å². The number of aliphatic hydroxyl groups is 1. The molecule has 2 aliphatic carbocycles. The van der Waals surface area contributed by atoms with Crippen LogP contribution in [0.15, 0.2) is 30.3 Å². The Morgan fingerprint density at radius 2 is 1.79 bits per heavy atom. The molecule has 0 radical (unpaired) electrons. The highest BCUT2D eigenvalue weighted by molar-refractivity contribution is 5.67. The first-order valence-corrected chi connectivity index (χ1v) is 7.53. The predicted molar refractivity (Wildman–Crippen MR) is 80.0 cm³/mol. The van der Waals surface area contributed by atoms with Crippen molar-refractivity contribution in [3.8, 4) is 0 Å². The summed E-state index contributed by atoms with van der Waals surface area (Å²) < 4.78 is 0. The van der Waals surface area contributed by atoms with Crippen LogP contribution in [0.25, 0.3) is 5.57 Å². The molecule has 1 saturated carbocycles. The van der Waals surface area contributed by atoms with Crippen LogP contribution in [0.4, 0.5) is 0 Å². The first-order chi connectivity index (χ1) is 9.03. The molecule has 1 atom stereocenters. The van der Waals surface area contributed by atoms with Crippen LogP contribution in [0.2, 0.25) is 0 Å². The second-order valence-corrected chi connectivity index (χ2v) is 7.05. The van der Waals surface area contributed by atoms with Crippen LogP contribution >= 0.6 is 0 Å². The van der Waals surface area contributed by atoms with Crippen molar-refractivity contribution in [1.82, 2.24) is 0 Å². The van der Waals surface area contributed by atoms with Gasteiger partial charge in [0.2, 0.25) is 0 Å². The second-order valence-electron chi connectivity index (χ2n) is 7.05. The molecular formula is C18H24O. The summed E-state index contributed by atoms with van der Waals surface area (Å²) >= 11 is 0. The molecule has 0 saturated heterocycles. The van der Waals surface area contributed by atoms with Crippen molar-refractivity contribution in [3.05, 3.63) is 41.5 Å². The van der Waals surface area contributed by atoms with Crippen molar-refractivity contribution in [2.45, 2.75) is 58.0 Å². The van der Waals surface area contributed by atoms with Gasteiger partial charge in [0.25, 0.3) is 0 Å². The van der Waals surface area contributed by atoms with Gasteiger partial charge in [0, 0.05) is 0 Å². The summed E-state index contributed by atoms with van der Waals surface area (Å²) in [6, 6.07) is 9.06. The molecule has 1 fully saturated rings. The molecule has 0 aliphatic heterocycles. The third kappa shape index (κ3) is 2.76. The summed E-state index contributed by atoms with van der Waals surface area (Å²) in [7, 11) is 0. The van der Waals surface area contributed by atoms with E-state index in [0.29, 0.717) is 0 Å². The summed E-state index contributed by atoms with van der Waals surface area (Å²) in [5, 5.41) is 9.99. The fourth-order valence-corrected chi connectivity index (χ4v) is 3.41. The van der Waals surface area contributed by atoms with Gasteiger partial charge in [0.1, 0.15) is 0 Å². The molecule has 0 bridgehead atoms. The summed E-state index contributed by atoms with van der Waals surface area (Å²) in [6.07, 6.45) is 7.79. The van der Waals surface area contributed by atoms with Crippen LogP contribution in [-0.2, 0) is 0 Å².